The van der Waals surface area contributed by atoms with E-state index in [2.05, 4.69) is 36.8 Å². The Kier molecular flexibility index (Phi) is 13.6. The van der Waals surface area contributed by atoms with Gasteiger partial charge in [-0.1, -0.05) is 36.8 Å². The van der Waals surface area contributed by atoms with E-state index in [1.807, 2.05) is 0 Å². The smallest absolute Gasteiger partial charge is 0.426 e. The first-order chi connectivity index (χ1) is 23.2. The van der Waals surface area contributed by atoms with Crippen molar-refractivity contribution in [1.29, 1.82) is 0 Å². The first-order valence-corrected chi connectivity index (χ1v) is 15.3. The van der Waals surface area contributed by atoms with Gasteiger partial charge < -0.3 is 18.9 Å². The Morgan fingerprint density at radius 1 is 0.673 bits per heavy atom. The Bertz CT molecular complexity index is 1770. The van der Waals surface area contributed by atoms with Gasteiger partial charge >= 0.3 is 24.2 Å². The molecule has 0 aliphatic rings. The minimum atomic E-state index is -3.72. The molecular formula is C39H36F4O6. The number of halogens is 4. The third kappa shape index (κ3) is 12.2. The number of hydrogen-bond donors (Lipinski definition) is 0. The number of ether oxygens (including phenoxy) is 4. The molecule has 10 heteroatoms. The summed E-state index contributed by atoms with van der Waals surface area (Å²) in [5, 5.41) is 0. The lowest BCUT2D eigenvalue weighted by molar-refractivity contribution is -0.188. The molecule has 0 radical (unpaired) electrons. The van der Waals surface area contributed by atoms with E-state index in [9.17, 15) is 27.2 Å². The van der Waals surface area contributed by atoms with Crippen molar-refractivity contribution >= 4 is 11.9 Å². The molecule has 0 N–H and O–H groups in total. The van der Waals surface area contributed by atoms with E-state index in [1.165, 1.54) is 61.5 Å². The van der Waals surface area contributed by atoms with Gasteiger partial charge in [0.1, 0.15) is 11.5 Å². The summed E-state index contributed by atoms with van der Waals surface area (Å²) >= 11 is 0. The fourth-order valence-corrected chi connectivity index (χ4v) is 3.93. The van der Waals surface area contributed by atoms with Crippen molar-refractivity contribution in [2.45, 2.75) is 58.7 Å². The summed E-state index contributed by atoms with van der Waals surface area (Å²) in [6.45, 7) is 11.9. The number of rotatable bonds is 14. The van der Waals surface area contributed by atoms with Crippen LogP contribution in [0.2, 0.25) is 0 Å². The van der Waals surface area contributed by atoms with Gasteiger partial charge in [-0.3, -0.25) is 0 Å². The SMILES string of the molecule is C=C(C)C(=O)OCCCC#Cc1ccc(C(F)(F)Oc2ccc(OC(F)(F)c3ccc(C#CCCCOC(=O)C(=C)C)cc3)c(C)c2)cc1. The molecule has 0 bridgehead atoms. The maximum Gasteiger partial charge on any atom is 0.426 e. The topological polar surface area (TPSA) is 71.1 Å². The molecule has 6 nitrogen and oxygen atoms in total. The number of alkyl halides is 4. The molecule has 0 unspecified atom stereocenters. The Labute approximate surface area is 283 Å². The third-order valence-electron chi connectivity index (χ3n) is 6.59. The number of aryl methyl sites for hydroxylation is 1. The van der Waals surface area contributed by atoms with Gasteiger partial charge in [0.25, 0.3) is 0 Å². The van der Waals surface area contributed by atoms with Crippen LogP contribution in [0.5, 0.6) is 11.5 Å². The Morgan fingerprint density at radius 3 is 1.51 bits per heavy atom. The van der Waals surface area contributed by atoms with Crippen LogP contribution in [0.1, 0.15) is 67.3 Å². The number of esters is 2. The highest BCUT2D eigenvalue weighted by Crippen LogP contribution is 2.37. The zero-order valence-corrected chi connectivity index (χ0v) is 27.5. The van der Waals surface area contributed by atoms with E-state index in [0.29, 0.717) is 48.0 Å². The van der Waals surface area contributed by atoms with Crippen LogP contribution in [0.25, 0.3) is 0 Å². The lowest BCUT2D eigenvalue weighted by atomic mass is 10.1. The van der Waals surface area contributed by atoms with E-state index in [1.54, 1.807) is 13.8 Å². The van der Waals surface area contributed by atoms with Crippen LogP contribution in [0.3, 0.4) is 0 Å². The molecule has 0 fully saturated rings. The third-order valence-corrected chi connectivity index (χ3v) is 6.59. The van der Waals surface area contributed by atoms with Gasteiger partial charge in [0, 0.05) is 35.1 Å². The number of hydrogen-bond acceptors (Lipinski definition) is 6. The number of benzene rings is 3. The molecule has 0 aromatic heterocycles. The van der Waals surface area contributed by atoms with Crippen molar-refractivity contribution in [3.8, 4) is 35.2 Å². The fraction of sp³-hybridized carbons (Fsp3) is 0.282. The lowest BCUT2D eigenvalue weighted by Crippen LogP contribution is -2.23. The molecule has 0 atom stereocenters. The van der Waals surface area contributed by atoms with Crippen molar-refractivity contribution in [3.05, 3.63) is 119 Å². The van der Waals surface area contributed by atoms with Gasteiger partial charge in [-0.05, 0) is 106 Å². The molecule has 0 saturated carbocycles. The average molecular weight is 677 g/mol. The second-order valence-corrected chi connectivity index (χ2v) is 11.0. The zero-order valence-electron chi connectivity index (χ0n) is 27.5. The summed E-state index contributed by atoms with van der Waals surface area (Å²) in [5.74, 6) is 10.1. The quantitative estimate of drug-likeness (QED) is 0.0559. The largest absolute Gasteiger partial charge is 0.462 e. The Hall–Kier alpha value is -5.48. The van der Waals surface area contributed by atoms with Crippen LogP contribution in [-0.2, 0) is 31.3 Å². The molecule has 0 aliphatic heterocycles. The molecule has 256 valence electrons. The minimum absolute atomic E-state index is 0.157. The molecular weight excluding hydrogens is 640 g/mol. The second kappa shape index (κ2) is 17.6. The van der Waals surface area contributed by atoms with E-state index in [0.717, 1.165) is 12.1 Å². The van der Waals surface area contributed by atoms with Crippen LogP contribution in [-0.4, -0.2) is 25.2 Å². The van der Waals surface area contributed by atoms with Crippen molar-refractivity contribution in [2.24, 2.45) is 0 Å². The predicted octanol–water partition coefficient (Wildman–Crippen LogP) is 8.75. The van der Waals surface area contributed by atoms with Crippen LogP contribution in [0.4, 0.5) is 17.6 Å². The lowest BCUT2D eigenvalue weighted by Gasteiger charge is -2.21. The van der Waals surface area contributed by atoms with Gasteiger partial charge in [-0.15, -0.1) is 0 Å². The monoisotopic (exact) mass is 676 g/mol. The summed E-state index contributed by atoms with van der Waals surface area (Å²) in [4.78, 5) is 22.7. The predicted molar refractivity (Wildman–Crippen MR) is 177 cm³/mol. The summed E-state index contributed by atoms with van der Waals surface area (Å²) in [5.41, 5.74) is 0.950. The van der Waals surface area contributed by atoms with Crippen molar-refractivity contribution in [2.75, 3.05) is 13.2 Å². The maximum absolute atomic E-state index is 15.0. The van der Waals surface area contributed by atoms with E-state index in [4.69, 9.17) is 18.9 Å². The highest BCUT2D eigenvalue weighted by Gasteiger charge is 2.36. The van der Waals surface area contributed by atoms with Gasteiger partial charge in [-0.2, -0.15) is 17.6 Å². The highest BCUT2D eigenvalue weighted by atomic mass is 19.3. The van der Waals surface area contributed by atoms with E-state index < -0.39 is 35.3 Å². The second-order valence-electron chi connectivity index (χ2n) is 11.0. The molecule has 0 saturated heterocycles. The van der Waals surface area contributed by atoms with Gasteiger partial charge in [-0.25, -0.2) is 9.59 Å². The van der Waals surface area contributed by atoms with Gasteiger partial charge in [0.05, 0.1) is 24.3 Å². The fourth-order valence-electron chi connectivity index (χ4n) is 3.93. The summed E-state index contributed by atoms with van der Waals surface area (Å²) in [6.07, 6.45) is -5.53. The number of unbranched alkanes of at least 4 members (excludes halogenated alkanes) is 2. The van der Waals surface area contributed by atoms with Gasteiger partial charge in [0.15, 0.2) is 0 Å². The van der Waals surface area contributed by atoms with Crippen LogP contribution < -0.4 is 9.47 Å². The zero-order chi connectivity index (χ0) is 36.0. The Morgan fingerprint density at radius 2 is 1.10 bits per heavy atom. The average Bonchev–Trinajstić information content (AvgIpc) is 3.05. The maximum atomic E-state index is 15.0. The Balaban J connectivity index is 1.54. The minimum Gasteiger partial charge on any atom is -0.462 e. The van der Waals surface area contributed by atoms with Gasteiger partial charge in [0.2, 0.25) is 0 Å². The summed E-state index contributed by atoms with van der Waals surface area (Å²) in [6, 6.07) is 13.9. The molecule has 0 aliphatic carbocycles. The van der Waals surface area contributed by atoms with Crippen molar-refractivity contribution < 1.29 is 46.1 Å². The molecule has 3 rings (SSSR count). The molecule has 3 aromatic carbocycles. The summed E-state index contributed by atoms with van der Waals surface area (Å²) in [7, 11) is 0. The molecule has 49 heavy (non-hydrogen) atoms. The number of carbonyl (C=O) groups excluding carboxylic acids is 2. The van der Waals surface area contributed by atoms with Crippen LogP contribution >= 0.6 is 0 Å². The van der Waals surface area contributed by atoms with Crippen molar-refractivity contribution in [3.63, 3.8) is 0 Å². The first kappa shape index (κ1) is 38.0. The first-order valence-electron chi connectivity index (χ1n) is 15.3. The number of carbonyl (C=O) groups is 2. The van der Waals surface area contributed by atoms with Crippen LogP contribution in [0.15, 0.2) is 91.0 Å². The highest BCUT2D eigenvalue weighted by molar-refractivity contribution is 5.87. The standard InChI is InChI=1S/C39H36F4O6/c1-27(2)36(44)46-24-10-6-8-12-30-14-18-32(19-15-30)38(40,41)48-34-22-23-35(29(5)26-34)49-39(42,43)33-20-16-31(17-21-33)13-9-7-11-25-47-37(45)28(3)4/h14-23,26H,1,3,6-7,10-11,24-25H2,2,4-5H3. The van der Waals surface area contributed by atoms with E-state index in [-0.39, 0.29) is 30.3 Å². The molecule has 0 heterocycles. The molecule has 0 spiro atoms. The van der Waals surface area contributed by atoms with Crippen molar-refractivity contribution in [1.82, 2.24) is 0 Å². The normalized spacial score (nSPS) is 10.8. The van der Waals surface area contributed by atoms with Crippen LogP contribution in [0, 0.1) is 30.6 Å². The summed E-state index contributed by atoms with van der Waals surface area (Å²) < 4.78 is 79.7. The molecule has 0 amide bonds. The van der Waals surface area contributed by atoms with E-state index >= 15 is 0 Å². The molecule has 3 aromatic rings.